The lowest BCUT2D eigenvalue weighted by atomic mass is 9.49. The molecule has 1 aliphatic heterocycles. The third-order valence-corrected chi connectivity index (χ3v) is 8.80. The smallest absolute Gasteiger partial charge is 0.165 e. The lowest BCUT2D eigenvalue weighted by Crippen LogP contribution is -2.51. The van der Waals surface area contributed by atoms with Gasteiger partial charge in [0.15, 0.2) is 17.2 Å². The molecule has 3 heteroatoms. The van der Waals surface area contributed by atoms with Crippen molar-refractivity contribution < 1.29 is 14.3 Å². The van der Waals surface area contributed by atoms with E-state index < -0.39 is 5.60 Å². The van der Waals surface area contributed by atoms with Gasteiger partial charge < -0.3 is 4.74 Å². The standard InChI is InChI=1S/C22H28O3/c1-13(23)22-20(3)10-8-17-16(18(20)12-21(22,4)25-22)6-5-14-11-15(24)7-9-19(14,17)2/h7-9,14,16,18H,5-6,10-12H2,1-4H3/t14?,16-,18+,19+,20+,21-,22+/m1/s1. The zero-order valence-corrected chi connectivity index (χ0v) is 15.7. The number of fused-ring (bicyclic) bond motifs is 7. The number of ketones is 2. The molecule has 5 aliphatic rings. The summed E-state index contributed by atoms with van der Waals surface area (Å²) in [5, 5.41) is 0. The molecule has 134 valence electrons. The van der Waals surface area contributed by atoms with Crippen molar-refractivity contribution in [3.8, 4) is 0 Å². The number of rotatable bonds is 1. The van der Waals surface area contributed by atoms with Crippen LogP contribution in [0, 0.1) is 28.6 Å². The van der Waals surface area contributed by atoms with Crippen LogP contribution in [-0.2, 0) is 14.3 Å². The molecule has 3 nitrogen and oxygen atoms in total. The van der Waals surface area contributed by atoms with E-state index in [0.717, 1.165) is 25.7 Å². The molecule has 0 aromatic heterocycles. The maximum absolute atomic E-state index is 12.6. The van der Waals surface area contributed by atoms with Gasteiger partial charge in [0.25, 0.3) is 0 Å². The Kier molecular flexibility index (Phi) is 2.79. The van der Waals surface area contributed by atoms with Crippen molar-refractivity contribution in [2.75, 3.05) is 0 Å². The Labute approximate surface area is 149 Å². The number of allylic oxidation sites excluding steroid dienone is 4. The molecular weight excluding hydrogens is 312 g/mol. The van der Waals surface area contributed by atoms with Crippen LogP contribution in [0.1, 0.15) is 59.8 Å². The van der Waals surface area contributed by atoms with E-state index in [2.05, 4.69) is 32.9 Å². The average molecular weight is 340 g/mol. The summed E-state index contributed by atoms with van der Waals surface area (Å²) in [5.74, 6) is 1.98. The van der Waals surface area contributed by atoms with Crippen LogP contribution in [0.15, 0.2) is 23.8 Å². The Morgan fingerprint density at radius 1 is 1.24 bits per heavy atom. The third-order valence-electron chi connectivity index (χ3n) is 8.80. The summed E-state index contributed by atoms with van der Waals surface area (Å²) in [7, 11) is 0. The van der Waals surface area contributed by atoms with Gasteiger partial charge in [-0.3, -0.25) is 9.59 Å². The van der Waals surface area contributed by atoms with E-state index in [4.69, 9.17) is 4.74 Å². The first-order valence-corrected chi connectivity index (χ1v) is 9.82. The highest BCUT2D eigenvalue weighted by Crippen LogP contribution is 2.76. The van der Waals surface area contributed by atoms with Crippen LogP contribution in [0.3, 0.4) is 0 Å². The highest BCUT2D eigenvalue weighted by Gasteiger charge is 2.84. The SMILES string of the molecule is CC(=O)[C@@]12O[C@]1(C)C[C@H]1[C@@H]3CCC4CC(=O)C=C[C@]4(C)C3=CC[C@@]12C. The summed E-state index contributed by atoms with van der Waals surface area (Å²) < 4.78 is 6.15. The van der Waals surface area contributed by atoms with E-state index >= 15 is 0 Å². The maximum atomic E-state index is 12.6. The molecule has 2 saturated carbocycles. The first-order valence-electron chi connectivity index (χ1n) is 9.82. The van der Waals surface area contributed by atoms with Gasteiger partial charge >= 0.3 is 0 Å². The Hall–Kier alpha value is -1.22. The largest absolute Gasteiger partial charge is 0.354 e. The first kappa shape index (κ1) is 16.0. The van der Waals surface area contributed by atoms with Crippen LogP contribution in [-0.4, -0.2) is 22.8 Å². The highest BCUT2D eigenvalue weighted by molar-refractivity contribution is 5.92. The second-order valence-electron chi connectivity index (χ2n) is 9.83. The van der Waals surface area contributed by atoms with Gasteiger partial charge in [0.1, 0.15) is 5.60 Å². The number of Topliss-reactive ketones (excluding diaryl/α,β-unsaturated/α-hetero) is 1. The minimum atomic E-state index is -0.567. The van der Waals surface area contributed by atoms with Gasteiger partial charge in [-0.2, -0.15) is 0 Å². The second-order valence-corrected chi connectivity index (χ2v) is 9.83. The van der Waals surface area contributed by atoms with E-state index in [1.807, 2.05) is 0 Å². The Bertz CT molecular complexity index is 763. The summed E-state index contributed by atoms with van der Waals surface area (Å²) in [6.45, 7) is 8.48. The maximum Gasteiger partial charge on any atom is 0.165 e. The van der Waals surface area contributed by atoms with Crippen molar-refractivity contribution in [3.63, 3.8) is 0 Å². The zero-order valence-electron chi connectivity index (χ0n) is 15.7. The summed E-state index contributed by atoms with van der Waals surface area (Å²) >= 11 is 0. The molecule has 0 N–H and O–H groups in total. The van der Waals surface area contributed by atoms with E-state index in [9.17, 15) is 9.59 Å². The molecule has 7 atom stereocenters. The van der Waals surface area contributed by atoms with Crippen molar-refractivity contribution >= 4 is 11.6 Å². The molecule has 1 saturated heterocycles. The quantitative estimate of drug-likeness (QED) is 0.535. The van der Waals surface area contributed by atoms with E-state index in [1.165, 1.54) is 0 Å². The van der Waals surface area contributed by atoms with E-state index in [1.54, 1.807) is 18.6 Å². The van der Waals surface area contributed by atoms with Crippen LogP contribution in [0.2, 0.25) is 0 Å². The predicted molar refractivity (Wildman–Crippen MR) is 94.9 cm³/mol. The van der Waals surface area contributed by atoms with Gasteiger partial charge in [0, 0.05) is 17.3 Å². The summed E-state index contributed by atoms with van der Waals surface area (Å²) in [6, 6.07) is 0. The first-order chi connectivity index (χ1) is 11.7. The third kappa shape index (κ3) is 1.58. The van der Waals surface area contributed by atoms with Crippen molar-refractivity contribution in [1.29, 1.82) is 0 Å². The second kappa shape index (κ2) is 4.36. The normalized spacial score (nSPS) is 55.6. The average Bonchev–Trinajstić information content (AvgIpc) is 3.13. The van der Waals surface area contributed by atoms with Crippen LogP contribution < -0.4 is 0 Å². The summed E-state index contributed by atoms with van der Waals surface area (Å²) in [4.78, 5) is 24.5. The fourth-order valence-corrected chi connectivity index (χ4v) is 7.56. The van der Waals surface area contributed by atoms with Crippen molar-refractivity contribution in [1.82, 2.24) is 0 Å². The van der Waals surface area contributed by atoms with Gasteiger partial charge in [-0.05, 0) is 63.4 Å². The van der Waals surface area contributed by atoms with Crippen LogP contribution in [0.4, 0.5) is 0 Å². The molecule has 3 fully saturated rings. The van der Waals surface area contributed by atoms with Crippen molar-refractivity contribution in [2.24, 2.45) is 28.6 Å². The molecule has 0 aromatic carbocycles. The molecule has 1 unspecified atom stereocenters. The molecule has 0 bridgehead atoms. The number of carbonyl (C=O) groups is 2. The lowest BCUT2D eigenvalue weighted by molar-refractivity contribution is -0.129. The molecule has 0 amide bonds. The molecule has 0 aromatic rings. The molecule has 1 heterocycles. The van der Waals surface area contributed by atoms with Gasteiger partial charge in [0.05, 0.1) is 0 Å². The molecule has 5 rings (SSSR count). The van der Waals surface area contributed by atoms with Gasteiger partial charge in [-0.15, -0.1) is 0 Å². The van der Waals surface area contributed by atoms with E-state index in [-0.39, 0.29) is 28.0 Å². The predicted octanol–water partition coefficient (Wildman–Crippen LogP) is 4.02. The summed E-state index contributed by atoms with van der Waals surface area (Å²) in [6.07, 6.45) is 11.3. The number of hydrogen-bond acceptors (Lipinski definition) is 3. The molecule has 0 radical (unpaired) electrons. The minimum Gasteiger partial charge on any atom is -0.354 e. The van der Waals surface area contributed by atoms with Gasteiger partial charge in [-0.1, -0.05) is 31.6 Å². The molecule has 25 heavy (non-hydrogen) atoms. The number of epoxide rings is 1. The number of ether oxygens (including phenoxy) is 1. The van der Waals surface area contributed by atoms with Gasteiger partial charge in [0.2, 0.25) is 0 Å². The number of hydrogen-bond donors (Lipinski definition) is 0. The molecule has 0 spiro atoms. The van der Waals surface area contributed by atoms with Crippen molar-refractivity contribution in [3.05, 3.63) is 23.8 Å². The summed E-state index contributed by atoms with van der Waals surface area (Å²) in [5.41, 5.74) is 0.647. The fourth-order valence-electron chi connectivity index (χ4n) is 7.56. The Morgan fingerprint density at radius 3 is 2.72 bits per heavy atom. The molecule has 4 aliphatic carbocycles. The van der Waals surface area contributed by atoms with Gasteiger partial charge in [-0.25, -0.2) is 0 Å². The fraction of sp³-hybridized carbons (Fsp3) is 0.727. The van der Waals surface area contributed by atoms with Crippen LogP contribution in [0.5, 0.6) is 0 Å². The molecular formula is C22H28O3. The van der Waals surface area contributed by atoms with Crippen LogP contribution in [0.25, 0.3) is 0 Å². The van der Waals surface area contributed by atoms with E-state index in [0.29, 0.717) is 24.2 Å². The minimum absolute atomic E-state index is 0.0239. The Balaban J connectivity index is 1.60. The Morgan fingerprint density at radius 2 is 2.00 bits per heavy atom. The lowest BCUT2D eigenvalue weighted by Gasteiger charge is -2.54. The number of carbonyl (C=O) groups excluding carboxylic acids is 2. The topological polar surface area (TPSA) is 46.7 Å². The van der Waals surface area contributed by atoms with Crippen molar-refractivity contribution in [2.45, 2.75) is 71.0 Å². The monoisotopic (exact) mass is 340 g/mol. The highest BCUT2D eigenvalue weighted by atomic mass is 16.6. The zero-order chi connectivity index (χ0) is 17.8. The van der Waals surface area contributed by atoms with Crippen LogP contribution >= 0.6 is 0 Å².